The van der Waals surface area contributed by atoms with Crippen molar-refractivity contribution in [2.75, 3.05) is 20.7 Å². The Bertz CT molecular complexity index is 1250. The van der Waals surface area contributed by atoms with E-state index in [9.17, 15) is 15.0 Å². The summed E-state index contributed by atoms with van der Waals surface area (Å²) >= 11 is 0. The number of aliphatic hydroxyl groups excluding tert-OH is 2. The van der Waals surface area contributed by atoms with Gasteiger partial charge >= 0.3 is 5.97 Å². The lowest BCUT2D eigenvalue weighted by atomic mass is 9.63. The number of benzene rings is 2. The Kier molecular flexibility index (Phi) is 5.82. The normalized spacial score (nSPS) is 27.3. The molecule has 2 heterocycles. The molecule has 0 saturated heterocycles. The predicted molar refractivity (Wildman–Crippen MR) is 131 cm³/mol. The van der Waals surface area contributed by atoms with Crippen molar-refractivity contribution >= 4 is 23.1 Å². The van der Waals surface area contributed by atoms with Gasteiger partial charge in [0, 0.05) is 29.8 Å². The first-order valence-corrected chi connectivity index (χ1v) is 12.0. The molecule has 1 aliphatic carbocycles. The fraction of sp³-hybridized carbons (Fsp3) is 0.429. The number of hydrogen-bond donors (Lipinski definition) is 2. The monoisotopic (exact) mass is 461 g/mol. The lowest BCUT2D eigenvalue weighted by Crippen LogP contribution is -2.54. The standard InChI is InChI=1S/C28H33N2O4/c1-18(31)22-16-29(2)17-28(27(33)34-3)14-21-20-11-7-8-12-24(20)30(15-19-9-5-4-6-10-19)26(21)25(32)13-23(22)28/h4-12,17-18,22-23,25,31-32H,13-16H2,1-3H3/q+1/t18?,22-,23+,25?,28+/m1/s1. The van der Waals surface area contributed by atoms with Crippen molar-refractivity contribution in [2.45, 2.75) is 38.5 Å². The van der Waals surface area contributed by atoms with E-state index in [0.29, 0.717) is 25.9 Å². The van der Waals surface area contributed by atoms with Gasteiger partial charge in [0.2, 0.25) is 0 Å². The molecule has 5 atom stereocenters. The van der Waals surface area contributed by atoms with Crippen molar-refractivity contribution in [1.82, 2.24) is 4.57 Å². The van der Waals surface area contributed by atoms with E-state index in [1.54, 1.807) is 6.92 Å². The van der Waals surface area contributed by atoms with Gasteiger partial charge in [0.15, 0.2) is 11.6 Å². The van der Waals surface area contributed by atoms with Gasteiger partial charge in [-0.25, -0.2) is 4.58 Å². The SMILES string of the molecule is COC(=O)[C@@]12C=[N+](C)C[C@H](C(C)O)[C@@H]1CC(O)c1c(c3ccccc3n1Cc1ccccc1)C2. The first kappa shape index (κ1) is 22.8. The molecular formula is C28H33N2O4+. The number of rotatable bonds is 4. The second-order valence-corrected chi connectivity index (χ2v) is 9.99. The van der Waals surface area contributed by atoms with Crippen molar-refractivity contribution in [2.24, 2.45) is 17.3 Å². The van der Waals surface area contributed by atoms with Gasteiger partial charge in [-0.2, -0.15) is 0 Å². The molecule has 5 rings (SSSR count). The lowest BCUT2D eigenvalue weighted by Gasteiger charge is -2.41. The minimum absolute atomic E-state index is 0.165. The average Bonchev–Trinajstić information content (AvgIpc) is 3.05. The molecule has 0 fully saturated rings. The van der Waals surface area contributed by atoms with E-state index in [4.69, 9.17) is 4.74 Å². The molecule has 6 nitrogen and oxygen atoms in total. The van der Waals surface area contributed by atoms with Gasteiger partial charge in [0.25, 0.3) is 0 Å². The average molecular weight is 462 g/mol. The number of esters is 1. The third-order valence-corrected chi connectivity index (χ3v) is 7.88. The Balaban J connectivity index is 1.75. The van der Waals surface area contributed by atoms with Crippen LogP contribution in [0.25, 0.3) is 10.9 Å². The van der Waals surface area contributed by atoms with Crippen LogP contribution in [-0.2, 0) is 22.5 Å². The molecule has 0 bridgehead atoms. The molecule has 1 aliphatic heterocycles. The summed E-state index contributed by atoms with van der Waals surface area (Å²) in [4.78, 5) is 13.5. The Morgan fingerprint density at radius 2 is 1.91 bits per heavy atom. The van der Waals surface area contributed by atoms with Gasteiger partial charge < -0.3 is 19.5 Å². The molecule has 0 radical (unpaired) electrons. The topological polar surface area (TPSA) is 74.7 Å². The van der Waals surface area contributed by atoms with E-state index in [-0.39, 0.29) is 17.8 Å². The van der Waals surface area contributed by atoms with E-state index in [1.807, 2.05) is 48.2 Å². The van der Waals surface area contributed by atoms with Crippen molar-refractivity contribution < 1.29 is 24.3 Å². The van der Waals surface area contributed by atoms with E-state index >= 15 is 0 Å². The van der Waals surface area contributed by atoms with Crippen LogP contribution in [0.1, 0.15) is 36.3 Å². The van der Waals surface area contributed by atoms with E-state index in [2.05, 4.69) is 28.8 Å². The van der Waals surface area contributed by atoms with Crippen LogP contribution in [0.4, 0.5) is 0 Å². The summed E-state index contributed by atoms with van der Waals surface area (Å²) in [5, 5.41) is 23.4. The summed E-state index contributed by atoms with van der Waals surface area (Å²) in [6.07, 6.45) is 1.41. The van der Waals surface area contributed by atoms with Gasteiger partial charge in [0.1, 0.15) is 13.6 Å². The molecular weight excluding hydrogens is 428 g/mol. The number of carbonyl (C=O) groups is 1. The molecule has 2 N–H and O–H groups in total. The quantitative estimate of drug-likeness (QED) is 0.462. The number of methoxy groups -OCH3 is 1. The summed E-state index contributed by atoms with van der Waals surface area (Å²) in [5.41, 5.74) is 3.09. The number of para-hydroxylation sites is 1. The van der Waals surface area contributed by atoms with Crippen LogP contribution in [-0.4, -0.2) is 58.3 Å². The summed E-state index contributed by atoms with van der Waals surface area (Å²) in [6, 6.07) is 18.4. The largest absolute Gasteiger partial charge is 0.468 e. The molecule has 2 aliphatic rings. The van der Waals surface area contributed by atoms with Crippen LogP contribution < -0.4 is 0 Å². The Labute approximate surface area is 200 Å². The minimum Gasteiger partial charge on any atom is -0.468 e. The van der Waals surface area contributed by atoms with Crippen LogP contribution in [0.15, 0.2) is 54.6 Å². The highest BCUT2D eigenvalue weighted by molar-refractivity contribution is 5.96. The Morgan fingerprint density at radius 3 is 2.62 bits per heavy atom. The number of fused-ring (bicyclic) bond motifs is 4. The molecule has 0 saturated carbocycles. The molecule has 0 amide bonds. The number of nitrogens with zero attached hydrogens (tertiary/aromatic N) is 2. The molecule has 178 valence electrons. The minimum atomic E-state index is -0.961. The first-order chi connectivity index (χ1) is 16.4. The van der Waals surface area contributed by atoms with Crippen LogP contribution >= 0.6 is 0 Å². The summed E-state index contributed by atoms with van der Waals surface area (Å²) < 4.78 is 9.59. The van der Waals surface area contributed by atoms with E-state index < -0.39 is 17.6 Å². The molecule has 34 heavy (non-hydrogen) atoms. The van der Waals surface area contributed by atoms with E-state index in [0.717, 1.165) is 27.7 Å². The van der Waals surface area contributed by atoms with Crippen molar-refractivity contribution in [3.63, 3.8) is 0 Å². The summed E-state index contributed by atoms with van der Waals surface area (Å²) in [6.45, 7) is 3.04. The zero-order chi connectivity index (χ0) is 24.0. The smallest absolute Gasteiger partial charge is 0.322 e. The fourth-order valence-corrected chi connectivity index (χ4v) is 6.44. The van der Waals surface area contributed by atoms with Crippen molar-refractivity contribution in [3.8, 4) is 0 Å². The molecule has 2 unspecified atom stereocenters. The molecule has 0 spiro atoms. The Hall–Kier alpha value is -2.96. The van der Waals surface area contributed by atoms with Gasteiger partial charge in [0.05, 0.1) is 25.0 Å². The van der Waals surface area contributed by atoms with Gasteiger partial charge in [-0.1, -0.05) is 48.5 Å². The first-order valence-electron chi connectivity index (χ1n) is 12.0. The number of aromatic nitrogens is 1. The van der Waals surface area contributed by atoms with Gasteiger partial charge in [-0.05, 0) is 36.5 Å². The third-order valence-electron chi connectivity index (χ3n) is 7.88. The van der Waals surface area contributed by atoms with E-state index in [1.165, 1.54) is 7.11 Å². The van der Waals surface area contributed by atoms with Gasteiger partial charge in [-0.3, -0.25) is 4.79 Å². The van der Waals surface area contributed by atoms with Crippen molar-refractivity contribution in [1.29, 1.82) is 0 Å². The maximum Gasteiger partial charge on any atom is 0.322 e. The predicted octanol–water partition coefficient (Wildman–Crippen LogP) is 3.17. The maximum atomic E-state index is 13.5. The molecule has 3 aromatic rings. The third kappa shape index (κ3) is 3.56. The number of hydrogen-bond acceptors (Lipinski definition) is 4. The number of carbonyl (C=O) groups excluding carboxylic acids is 1. The lowest BCUT2D eigenvalue weighted by molar-refractivity contribution is -0.516. The highest BCUT2D eigenvalue weighted by Crippen LogP contribution is 2.50. The van der Waals surface area contributed by atoms with Gasteiger partial charge in [-0.15, -0.1) is 0 Å². The Morgan fingerprint density at radius 1 is 1.21 bits per heavy atom. The second-order valence-electron chi connectivity index (χ2n) is 9.99. The molecule has 1 aromatic heterocycles. The molecule has 2 aromatic carbocycles. The van der Waals surface area contributed by atoms with Crippen LogP contribution in [0.2, 0.25) is 0 Å². The van der Waals surface area contributed by atoms with Crippen LogP contribution in [0.3, 0.4) is 0 Å². The highest BCUT2D eigenvalue weighted by atomic mass is 16.5. The zero-order valence-electron chi connectivity index (χ0n) is 20.0. The fourth-order valence-electron chi connectivity index (χ4n) is 6.44. The van der Waals surface area contributed by atoms with Crippen molar-refractivity contribution in [3.05, 3.63) is 71.4 Å². The number of ether oxygens (including phenoxy) is 1. The van der Waals surface area contributed by atoms with Crippen LogP contribution in [0.5, 0.6) is 0 Å². The highest BCUT2D eigenvalue weighted by Gasteiger charge is 2.58. The zero-order valence-corrected chi connectivity index (χ0v) is 20.0. The van der Waals surface area contributed by atoms with Crippen LogP contribution in [0, 0.1) is 17.3 Å². The molecule has 6 heteroatoms. The number of aliphatic hydroxyl groups is 2. The maximum absolute atomic E-state index is 13.5. The second kappa shape index (κ2) is 8.67. The summed E-state index contributed by atoms with van der Waals surface area (Å²) in [7, 11) is 3.37. The summed E-state index contributed by atoms with van der Waals surface area (Å²) in [5.74, 6) is -0.723.